The molecule has 16 heavy (non-hydrogen) atoms. The van der Waals surface area contributed by atoms with Crippen LogP contribution in [0, 0.1) is 5.92 Å². The molecule has 2 heterocycles. The van der Waals surface area contributed by atoms with Crippen LogP contribution in [0.25, 0.3) is 0 Å². The van der Waals surface area contributed by atoms with E-state index in [-0.39, 0.29) is 0 Å². The summed E-state index contributed by atoms with van der Waals surface area (Å²) in [6, 6.07) is 0. The number of piperidine rings is 1. The zero-order valence-corrected chi connectivity index (χ0v) is 12.3. The summed E-state index contributed by atoms with van der Waals surface area (Å²) in [6.45, 7) is 10.3. The molecular formula is C12H24IN3. The van der Waals surface area contributed by atoms with Gasteiger partial charge in [0.2, 0.25) is 0 Å². The van der Waals surface area contributed by atoms with Crippen LogP contribution in [0.2, 0.25) is 0 Å². The van der Waals surface area contributed by atoms with Crippen molar-refractivity contribution in [2.24, 2.45) is 5.92 Å². The molecule has 0 aromatic rings. The standard InChI is InChI=1S/C12H24IN3/c13-3-6-15-7-9-16(10-8-15)11-12-1-4-14-5-2-12/h12,14H,1-11H2. The minimum atomic E-state index is 0.956. The van der Waals surface area contributed by atoms with E-state index in [0.29, 0.717) is 0 Å². The van der Waals surface area contributed by atoms with Crippen molar-refractivity contribution in [3.8, 4) is 0 Å². The Bertz CT molecular complexity index is 187. The summed E-state index contributed by atoms with van der Waals surface area (Å²) >= 11 is 2.48. The maximum atomic E-state index is 3.45. The largest absolute Gasteiger partial charge is 0.317 e. The van der Waals surface area contributed by atoms with Gasteiger partial charge in [0.1, 0.15) is 0 Å². The van der Waals surface area contributed by atoms with Crippen LogP contribution in [0.5, 0.6) is 0 Å². The fourth-order valence-electron chi connectivity index (χ4n) is 2.74. The molecule has 2 aliphatic heterocycles. The molecule has 2 rings (SSSR count). The van der Waals surface area contributed by atoms with Gasteiger partial charge in [0.15, 0.2) is 0 Å². The SMILES string of the molecule is ICCN1CCN(CC2CCNCC2)CC1. The van der Waals surface area contributed by atoms with E-state index in [4.69, 9.17) is 0 Å². The van der Waals surface area contributed by atoms with E-state index in [1.807, 2.05) is 0 Å². The van der Waals surface area contributed by atoms with Crippen LogP contribution in [-0.2, 0) is 0 Å². The third-order valence-corrected chi connectivity index (χ3v) is 4.32. The molecular weight excluding hydrogens is 313 g/mol. The first-order valence-electron chi connectivity index (χ1n) is 6.60. The third kappa shape index (κ3) is 4.13. The summed E-state index contributed by atoms with van der Waals surface area (Å²) in [7, 11) is 0. The summed E-state index contributed by atoms with van der Waals surface area (Å²) in [6.07, 6.45) is 2.77. The van der Waals surface area contributed by atoms with E-state index in [2.05, 4.69) is 37.7 Å². The second kappa shape index (κ2) is 7.13. The Labute approximate surface area is 113 Å². The first-order valence-corrected chi connectivity index (χ1v) is 8.12. The second-order valence-corrected chi connectivity index (χ2v) is 6.10. The van der Waals surface area contributed by atoms with E-state index < -0.39 is 0 Å². The quantitative estimate of drug-likeness (QED) is 0.611. The van der Waals surface area contributed by atoms with Crippen molar-refractivity contribution in [2.45, 2.75) is 12.8 Å². The van der Waals surface area contributed by atoms with Crippen molar-refractivity contribution in [3.63, 3.8) is 0 Å². The van der Waals surface area contributed by atoms with Crippen LogP contribution in [0.1, 0.15) is 12.8 Å². The molecule has 2 fully saturated rings. The van der Waals surface area contributed by atoms with Gasteiger partial charge >= 0.3 is 0 Å². The van der Waals surface area contributed by atoms with Crippen molar-refractivity contribution >= 4 is 22.6 Å². The van der Waals surface area contributed by atoms with E-state index in [1.165, 1.54) is 69.6 Å². The molecule has 1 N–H and O–H groups in total. The number of alkyl halides is 1. The van der Waals surface area contributed by atoms with Gasteiger partial charge < -0.3 is 15.1 Å². The number of halogens is 1. The predicted molar refractivity (Wildman–Crippen MR) is 77.4 cm³/mol. The van der Waals surface area contributed by atoms with Gasteiger partial charge in [-0.15, -0.1) is 0 Å². The summed E-state index contributed by atoms with van der Waals surface area (Å²) in [5.74, 6) is 0.956. The monoisotopic (exact) mass is 337 g/mol. The normalized spacial score (nSPS) is 26.1. The zero-order valence-electron chi connectivity index (χ0n) is 10.1. The molecule has 94 valence electrons. The van der Waals surface area contributed by atoms with Crippen molar-refractivity contribution in [2.75, 3.05) is 56.8 Å². The van der Waals surface area contributed by atoms with Crippen LogP contribution >= 0.6 is 22.6 Å². The molecule has 0 spiro atoms. The molecule has 3 nitrogen and oxygen atoms in total. The van der Waals surface area contributed by atoms with Crippen molar-refractivity contribution < 1.29 is 0 Å². The molecule has 0 aliphatic carbocycles. The Balaban J connectivity index is 1.64. The Kier molecular flexibility index (Phi) is 5.82. The zero-order chi connectivity index (χ0) is 11.2. The van der Waals surface area contributed by atoms with Gasteiger partial charge in [-0.1, -0.05) is 22.6 Å². The van der Waals surface area contributed by atoms with Crippen LogP contribution < -0.4 is 5.32 Å². The first-order chi connectivity index (χ1) is 7.88. The average molecular weight is 337 g/mol. The molecule has 0 amide bonds. The molecule has 0 radical (unpaired) electrons. The van der Waals surface area contributed by atoms with Crippen LogP contribution in [0.15, 0.2) is 0 Å². The lowest BCUT2D eigenvalue weighted by Crippen LogP contribution is -2.48. The Morgan fingerprint density at radius 3 is 2.25 bits per heavy atom. The Morgan fingerprint density at radius 2 is 1.62 bits per heavy atom. The predicted octanol–water partition coefficient (Wildman–Crippen LogP) is 1.04. The number of nitrogens with zero attached hydrogens (tertiary/aromatic N) is 2. The molecule has 2 aliphatic rings. The smallest absolute Gasteiger partial charge is 0.0123 e. The van der Waals surface area contributed by atoms with Gasteiger partial charge in [0, 0.05) is 43.7 Å². The lowest BCUT2D eigenvalue weighted by molar-refractivity contribution is 0.116. The number of nitrogens with one attached hydrogen (secondary N) is 1. The minimum Gasteiger partial charge on any atom is -0.317 e. The molecule has 0 bridgehead atoms. The average Bonchev–Trinajstić information content (AvgIpc) is 2.33. The summed E-state index contributed by atoms with van der Waals surface area (Å²) < 4.78 is 1.27. The van der Waals surface area contributed by atoms with Crippen molar-refractivity contribution in [1.82, 2.24) is 15.1 Å². The maximum absolute atomic E-state index is 3.45. The lowest BCUT2D eigenvalue weighted by atomic mass is 9.97. The number of hydrogen-bond acceptors (Lipinski definition) is 3. The molecule has 4 heteroatoms. The Hall–Kier alpha value is 0.610. The van der Waals surface area contributed by atoms with Crippen LogP contribution in [0.4, 0.5) is 0 Å². The van der Waals surface area contributed by atoms with Crippen LogP contribution in [0.3, 0.4) is 0 Å². The van der Waals surface area contributed by atoms with Crippen molar-refractivity contribution in [1.29, 1.82) is 0 Å². The first kappa shape index (κ1) is 13.1. The number of piperazine rings is 1. The molecule has 0 aromatic carbocycles. The minimum absolute atomic E-state index is 0.956. The number of hydrogen-bond donors (Lipinski definition) is 1. The highest BCUT2D eigenvalue weighted by atomic mass is 127. The molecule has 0 aromatic heterocycles. The van der Waals surface area contributed by atoms with Gasteiger partial charge in [0.05, 0.1) is 0 Å². The van der Waals surface area contributed by atoms with Crippen molar-refractivity contribution in [3.05, 3.63) is 0 Å². The highest BCUT2D eigenvalue weighted by molar-refractivity contribution is 14.1. The highest BCUT2D eigenvalue weighted by Crippen LogP contribution is 2.14. The van der Waals surface area contributed by atoms with Gasteiger partial charge in [-0.3, -0.25) is 0 Å². The molecule has 2 saturated heterocycles. The van der Waals surface area contributed by atoms with E-state index in [0.717, 1.165) is 5.92 Å². The Morgan fingerprint density at radius 1 is 1.00 bits per heavy atom. The summed E-state index contributed by atoms with van der Waals surface area (Å²) in [5.41, 5.74) is 0. The van der Waals surface area contributed by atoms with Gasteiger partial charge in [-0.05, 0) is 31.8 Å². The van der Waals surface area contributed by atoms with Gasteiger partial charge in [-0.25, -0.2) is 0 Å². The van der Waals surface area contributed by atoms with Gasteiger partial charge in [0.25, 0.3) is 0 Å². The fourth-order valence-corrected chi connectivity index (χ4v) is 3.43. The highest BCUT2D eigenvalue weighted by Gasteiger charge is 2.20. The topological polar surface area (TPSA) is 18.5 Å². The lowest BCUT2D eigenvalue weighted by Gasteiger charge is -2.37. The van der Waals surface area contributed by atoms with E-state index >= 15 is 0 Å². The van der Waals surface area contributed by atoms with Gasteiger partial charge in [-0.2, -0.15) is 0 Å². The molecule has 0 unspecified atom stereocenters. The summed E-state index contributed by atoms with van der Waals surface area (Å²) in [4.78, 5) is 5.28. The van der Waals surface area contributed by atoms with E-state index in [1.54, 1.807) is 0 Å². The third-order valence-electron chi connectivity index (χ3n) is 3.84. The molecule has 0 atom stereocenters. The van der Waals surface area contributed by atoms with Crippen LogP contribution in [-0.4, -0.2) is 66.6 Å². The molecule has 0 saturated carbocycles. The maximum Gasteiger partial charge on any atom is 0.0123 e. The summed E-state index contributed by atoms with van der Waals surface area (Å²) in [5, 5.41) is 3.45. The van der Waals surface area contributed by atoms with E-state index in [9.17, 15) is 0 Å². The fraction of sp³-hybridized carbons (Fsp3) is 1.00. The second-order valence-electron chi connectivity index (χ2n) is 5.02. The number of rotatable bonds is 4.